The molecule has 1 aliphatic heterocycles. The maximum atomic E-state index is 12.6. The third-order valence-electron chi connectivity index (χ3n) is 3.45. The van der Waals surface area contributed by atoms with E-state index >= 15 is 0 Å². The lowest BCUT2D eigenvalue weighted by atomic mass is 10.0. The van der Waals surface area contributed by atoms with Gasteiger partial charge in [-0.05, 0) is 32.3 Å². The number of carbonyl (C=O) groups is 2. The van der Waals surface area contributed by atoms with Gasteiger partial charge in [-0.1, -0.05) is 11.6 Å². The van der Waals surface area contributed by atoms with Gasteiger partial charge in [0.15, 0.2) is 0 Å². The molecule has 0 bridgehead atoms. The van der Waals surface area contributed by atoms with Crippen LogP contribution in [0.5, 0.6) is 0 Å². The minimum Gasteiger partial charge on any atom is -0.464 e. The number of hydrogen-bond acceptors (Lipinski definition) is 5. The molecule has 0 spiro atoms. The summed E-state index contributed by atoms with van der Waals surface area (Å²) in [6.07, 6.45) is 3.68. The third kappa shape index (κ3) is 3.44. The Morgan fingerprint density at radius 3 is 3.00 bits per heavy atom. The number of nitrogens with two attached hydrogens (primary N) is 1. The molecule has 1 atom stereocenters. The van der Waals surface area contributed by atoms with Crippen molar-refractivity contribution in [1.29, 1.82) is 0 Å². The van der Waals surface area contributed by atoms with Crippen molar-refractivity contribution in [3.8, 4) is 0 Å². The van der Waals surface area contributed by atoms with Crippen LogP contribution in [0.4, 0.5) is 5.69 Å². The second kappa shape index (κ2) is 6.76. The SMILES string of the molecule is CCOC(=O)C1CCCCN1C(=O)c1cc(Cl)ncc1N. The van der Waals surface area contributed by atoms with Crippen LogP contribution in [-0.4, -0.2) is 41.0 Å². The van der Waals surface area contributed by atoms with E-state index in [1.54, 1.807) is 6.92 Å². The van der Waals surface area contributed by atoms with Gasteiger partial charge in [0.2, 0.25) is 0 Å². The summed E-state index contributed by atoms with van der Waals surface area (Å²) in [4.78, 5) is 30.0. The largest absolute Gasteiger partial charge is 0.464 e. The van der Waals surface area contributed by atoms with Gasteiger partial charge in [-0.25, -0.2) is 9.78 Å². The third-order valence-corrected chi connectivity index (χ3v) is 3.66. The fourth-order valence-corrected chi connectivity index (χ4v) is 2.60. The number of pyridine rings is 1. The molecule has 6 nitrogen and oxygen atoms in total. The molecule has 1 unspecified atom stereocenters. The van der Waals surface area contributed by atoms with E-state index in [1.807, 2.05) is 0 Å². The van der Waals surface area contributed by atoms with Gasteiger partial charge in [0.05, 0.1) is 24.1 Å². The van der Waals surface area contributed by atoms with Crippen molar-refractivity contribution in [2.75, 3.05) is 18.9 Å². The van der Waals surface area contributed by atoms with Gasteiger partial charge < -0.3 is 15.4 Å². The number of nitrogen functional groups attached to an aromatic ring is 1. The monoisotopic (exact) mass is 311 g/mol. The van der Waals surface area contributed by atoms with E-state index in [2.05, 4.69) is 4.98 Å². The molecule has 21 heavy (non-hydrogen) atoms. The molecule has 0 aliphatic carbocycles. The van der Waals surface area contributed by atoms with Crippen LogP contribution in [0.2, 0.25) is 5.15 Å². The second-order valence-electron chi connectivity index (χ2n) is 4.86. The van der Waals surface area contributed by atoms with E-state index in [4.69, 9.17) is 22.1 Å². The van der Waals surface area contributed by atoms with Crippen molar-refractivity contribution in [2.24, 2.45) is 0 Å². The Morgan fingerprint density at radius 1 is 1.52 bits per heavy atom. The topological polar surface area (TPSA) is 85.5 Å². The highest BCUT2D eigenvalue weighted by molar-refractivity contribution is 6.29. The number of carbonyl (C=O) groups excluding carboxylic acids is 2. The number of aromatic nitrogens is 1. The zero-order valence-electron chi connectivity index (χ0n) is 11.8. The smallest absolute Gasteiger partial charge is 0.328 e. The zero-order valence-corrected chi connectivity index (χ0v) is 12.6. The lowest BCUT2D eigenvalue weighted by Gasteiger charge is -2.34. The van der Waals surface area contributed by atoms with E-state index in [-0.39, 0.29) is 28.3 Å². The predicted molar refractivity (Wildman–Crippen MR) is 79.0 cm³/mol. The standard InChI is InChI=1S/C14H18ClN3O3/c1-2-21-14(20)11-5-3-4-6-18(11)13(19)9-7-12(15)17-8-10(9)16/h7-8,11H,2-6,16H2,1H3. The Balaban J connectivity index is 2.26. The molecule has 1 fully saturated rings. The fraction of sp³-hybridized carbons (Fsp3) is 0.500. The minimum absolute atomic E-state index is 0.192. The molecule has 1 saturated heterocycles. The minimum atomic E-state index is -0.558. The quantitative estimate of drug-likeness (QED) is 0.680. The van der Waals surface area contributed by atoms with E-state index < -0.39 is 6.04 Å². The van der Waals surface area contributed by atoms with Crippen LogP contribution in [-0.2, 0) is 9.53 Å². The van der Waals surface area contributed by atoms with E-state index in [1.165, 1.54) is 17.2 Å². The van der Waals surface area contributed by atoms with Crippen LogP contribution in [0.3, 0.4) is 0 Å². The molecular formula is C14H18ClN3O3. The molecule has 7 heteroatoms. The molecule has 1 aromatic rings. The van der Waals surface area contributed by atoms with Crippen LogP contribution < -0.4 is 5.73 Å². The summed E-state index contributed by atoms with van der Waals surface area (Å²) in [6, 6.07) is 0.869. The number of nitrogens with zero attached hydrogens (tertiary/aromatic N) is 2. The van der Waals surface area contributed by atoms with Gasteiger partial charge in [0, 0.05) is 6.54 Å². The van der Waals surface area contributed by atoms with Gasteiger partial charge in [0.25, 0.3) is 5.91 Å². The number of anilines is 1. The molecule has 114 valence electrons. The number of amides is 1. The molecule has 2 rings (SSSR count). The van der Waals surface area contributed by atoms with Gasteiger partial charge in [-0.15, -0.1) is 0 Å². The number of halogens is 1. The molecule has 2 N–H and O–H groups in total. The summed E-state index contributed by atoms with van der Waals surface area (Å²) >= 11 is 5.82. The first-order valence-corrected chi connectivity index (χ1v) is 7.31. The lowest BCUT2D eigenvalue weighted by molar-refractivity contribution is -0.149. The van der Waals surface area contributed by atoms with Crippen molar-refractivity contribution in [3.05, 3.63) is 23.0 Å². The number of rotatable bonds is 3. The normalized spacial score (nSPS) is 18.4. The number of piperidine rings is 1. The van der Waals surface area contributed by atoms with Crippen LogP contribution >= 0.6 is 11.6 Å². The van der Waals surface area contributed by atoms with Crippen LogP contribution in [0.15, 0.2) is 12.3 Å². The molecule has 1 amide bonds. The molecule has 1 aliphatic rings. The summed E-state index contributed by atoms with van der Waals surface area (Å²) in [5.41, 5.74) is 6.31. The van der Waals surface area contributed by atoms with Gasteiger partial charge in [-0.3, -0.25) is 4.79 Å². The second-order valence-corrected chi connectivity index (χ2v) is 5.24. The average molecular weight is 312 g/mol. The molecule has 1 aromatic heterocycles. The van der Waals surface area contributed by atoms with Crippen LogP contribution in [0, 0.1) is 0 Å². The maximum absolute atomic E-state index is 12.6. The zero-order chi connectivity index (χ0) is 15.4. The average Bonchev–Trinajstić information content (AvgIpc) is 2.49. The Kier molecular flexibility index (Phi) is 5.01. The molecular weight excluding hydrogens is 294 g/mol. The van der Waals surface area contributed by atoms with Crippen molar-refractivity contribution in [2.45, 2.75) is 32.2 Å². The van der Waals surface area contributed by atoms with E-state index in [9.17, 15) is 9.59 Å². The van der Waals surface area contributed by atoms with E-state index in [0.29, 0.717) is 19.6 Å². The van der Waals surface area contributed by atoms with Crippen molar-refractivity contribution in [3.63, 3.8) is 0 Å². The molecule has 2 heterocycles. The van der Waals surface area contributed by atoms with Crippen molar-refractivity contribution in [1.82, 2.24) is 9.88 Å². The van der Waals surface area contributed by atoms with Crippen LogP contribution in [0.25, 0.3) is 0 Å². The van der Waals surface area contributed by atoms with E-state index in [0.717, 1.165) is 12.8 Å². The Labute approximate surface area is 128 Å². The number of esters is 1. The number of ether oxygens (including phenoxy) is 1. The van der Waals surface area contributed by atoms with Gasteiger partial charge >= 0.3 is 5.97 Å². The summed E-state index contributed by atoms with van der Waals surface area (Å²) < 4.78 is 5.05. The first-order valence-electron chi connectivity index (χ1n) is 6.93. The highest BCUT2D eigenvalue weighted by Gasteiger charge is 2.34. The van der Waals surface area contributed by atoms with Crippen molar-refractivity contribution < 1.29 is 14.3 Å². The highest BCUT2D eigenvalue weighted by Crippen LogP contribution is 2.24. The lowest BCUT2D eigenvalue weighted by Crippen LogP contribution is -2.48. The predicted octanol–water partition coefficient (Wildman–Crippen LogP) is 1.87. The fourth-order valence-electron chi connectivity index (χ4n) is 2.44. The summed E-state index contributed by atoms with van der Waals surface area (Å²) in [5.74, 6) is -0.682. The Bertz CT molecular complexity index is 550. The summed E-state index contributed by atoms with van der Waals surface area (Å²) in [7, 11) is 0. The first-order chi connectivity index (χ1) is 10.0. The van der Waals surface area contributed by atoms with Gasteiger partial charge in [-0.2, -0.15) is 0 Å². The molecule has 0 radical (unpaired) electrons. The highest BCUT2D eigenvalue weighted by atomic mass is 35.5. The first kappa shape index (κ1) is 15.6. The molecule has 0 aromatic carbocycles. The van der Waals surface area contributed by atoms with Crippen molar-refractivity contribution >= 4 is 29.2 Å². The number of likely N-dealkylation sites (tertiary alicyclic amines) is 1. The maximum Gasteiger partial charge on any atom is 0.328 e. The molecule has 0 saturated carbocycles. The Morgan fingerprint density at radius 2 is 2.29 bits per heavy atom. The number of hydrogen-bond donors (Lipinski definition) is 1. The summed E-state index contributed by atoms with van der Waals surface area (Å²) in [5, 5.41) is 0.192. The summed E-state index contributed by atoms with van der Waals surface area (Å²) in [6.45, 7) is 2.54. The van der Waals surface area contributed by atoms with Gasteiger partial charge in [0.1, 0.15) is 11.2 Å². The van der Waals surface area contributed by atoms with Crippen LogP contribution in [0.1, 0.15) is 36.5 Å². The Hall–Kier alpha value is -1.82.